The summed E-state index contributed by atoms with van der Waals surface area (Å²) >= 11 is 5.58. The highest BCUT2D eigenvalue weighted by molar-refractivity contribution is 6.17. The molecule has 120 valence electrons. The fourth-order valence-corrected chi connectivity index (χ4v) is 2.06. The van der Waals surface area contributed by atoms with Crippen LogP contribution >= 0.6 is 11.6 Å². The minimum atomic E-state index is -0.469. The van der Waals surface area contributed by atoms with Crippen LogP contribution in [0.25, 0.3) is 6.08 Å². The number of hydrogen-bond donors (Lipinski definition) is 2. The number of allylic oxidation sites excluding steroid dienone is 1. The van der Waals surface area contributed by atoms with E-state index in [-0.39, 0.29) is 17.1 Å². The van der Waals surface area contributed by atoms with Gasteiger partial charge in [-0.3, -0.25) is 4.79 Å². The lowest BCUT2D eigenvalue weighted by Crippen LogP contribution is -1.97. The van der Waals surface area contributed by atoms with Crippen molar-refractivity contribution < 1.29 is 19.7 Å². The van der Waals surface area contributed by atoms with Gasteiger partial charge in [0.2, 0.25) is 0 Å². The quantitative estimate of drug-likeness (QED) is 0.348. The minimum Gasteiger partial charge on any atom is -0.507 e. The number of benzene rings is 2. The Balaban J connectivity index is 2.04. The van der Waals surface area contributed by atoms with E-state index in [2.05, 4.69) is 0 Å². The van der Waals surface area contributed by atoms with Gasteiger partial charge in [-0.2, -0.15) is 0 Å². The third-order valence-corrected chi connectivity index (χ3v) is 3.39. The van der Waals surface area contributed by atoms with Crippen LogP contribution < -0.4 is 4.74 Å². The number of carbonyl (C=O) groups excluding carboxylic acids is 1. The van der Waals surface area contributed by atoms with Crippen LogP contribution in [0.5, 0.6) is 17.2 Å². The van der Waals surface area contributed by atoms with Crippen molar-refractivity contribution >= 4 is 23.5 Å². The summed E-state index contributed by atoms with van der Waals surface area (Å²) in [7, 11) is 0. The summed E-state index contributed by atoms with van der Waals surface area (Å²) in [6.45, 7) is 0.559. The molecule has 0 radical (unpaired) electrons. The van der Waals surface area contributed by atoms with E-state index < -0.39 is 5.78 Å². The van der Waals surface area contributed by atoms with Crippen molar-refractivity contribution in [1.82, 2.24) is 0 Å². The number of phenols is 2. The molecule has 0 aliphatic heterocycles. The highest BCUT2D eigenvalue weighted by Crippen LogP contribution is 2.27. The molecule has 0 heterocycles. The largest absolute Gasteiger partial charge is 0.507 e. The summed E-state index contributed by atoms with van der Waals surface area (Å²) < 4.78 is 5.49. The average molecular weight is 333 g/mol. The van der Waals surface area contributed by atoms with E-state index >= 15 is 0 Å². The van der Waals surface area contributed by atoms with E-state index in [9.17, 15) is 15.0 Å². The molecular weight excluding hydrogens is 316 g/mol. The minimum absolute atomic E-state index is 0.107. The standard InChI is InChI=1S/C18H17ClO4/c19-11-2-12-23-14-8-5-13(6-9-14)7-10-17(22)18-15(20)3-1-4-16(18)21/h1,3-10,20-21H,2,11-12H2. The average Bonchev–Trinajstić information content (AvgIpc) is 2.54. The highest BCUT2D eigenvalue weighted by Gasteiger charge is 2.12. The lowest BCUT2D eigenvalue weighted by Gasteiger charge is -2.05. The van der Waals surface area contributed by atoms with Crippen LogP contribution in [-0.2, 0) is 0 Å². The second kappa shape index (κ2) is 8.25. The first-order chi connectivity index (χ1) is 11.1. The molecule has 0 aliphatic rings. The SMILES string of the molecule is O=C(C=Cc1ccc(OCCCCl)cc1)c1c(O)cccc1O. The predicted octanol–water partition coefficient (Wildman–Crippen LogP) is 4.00. The van der Waals surface area contributed by atoms with E-state index in [0.717, 1.165) is 17.7 Å². The van der Waals surface area contributed by atoms with E-state index in [1.807, 2.05) is 12.1 Å². The van der Waals surface area contributed by atoms with Gasteiger partial charge in [0.1, 0.15) is 22.8 Å². The summed E-state index contributed by atoms with van der Waals surface area (Å²) in [5.74, 6) is 0.326. The summed E-state index contributed by atoms with van der Waals surface area (Å²) in [4.78, 5) is 12.1. The third kappa shape index (κ3) is 4.76. The van der Waals surface area contributed by atoms with Crippen LogP contribution in [0, 0.1) is 0 Å². The molecule has 5 heteroatoms. The molecule has 0 saturated carbocycles. The van der Waals surface area contributed by atoms with E-state index in [1.165, 1.54) is 24.3 Å². The monoisotopic (exact) mass is 332 g/mol. The van der Waals surface area contributed by atoms with Crippen molar-refractivity contribution in [3.8, 4) is 17.2 Å². The Hall–Kier alpha value is -2.46. The smallest absolute Gasteiger partial charge is 0.193 e. The molecule has 0 aliphatic carbocycles. The van der Waals surface area contributed by atoms with Crippen LogP contribution in [0.15, 0.2) is 48.5 Å². The first-order valence-electron chi connectivity index (χ1n) is 7.14. The zero-order valence-electron chi connectivity index (χ0n) is 12.4. The van der Waals surface area contributed by atoms with Crippen LogP contribution in [0.1, 0.15) is 22.3 Å². The summed E-state index contributed by atoms with van der Waals surface area (Å²) in [5, 5.41) is 19.3. The van der Waals surface area contributed by atoms with Crippen LogP contribution in [0.3, 0.4) is 0 Å². The van der Waals surface area contributed by atoms with Gasteiger partial charge in [0, 0.05) is 5.88 Å². The molecule has 2 aromatic rings. The second-order valence-electron chi connectivity index (χ2n) is 4.83. The van der Waals surface area contributed by atoms with E-state index in [4.69, 9.17) is 16.3 Å². The second-order valence-corrected chi connectivity index (χ2v) is 5.21. The third-order valence-electron chi connectivity index (χ3n) is 3.12. The van der Waals surface area contributed by atoms with Crippen molar-refractivity contribution in [1.29, 1.82) is 0 Å². The number of phenolic OH excluding ortho intramolecular Hbond substituents is 2. The van der Waals surface area contributed by atoms with Crippen molar-refractivity contribution in [2.24, 2.45) is 0 Å². The number of hydrogen-bond acceptors (Lipinski definition) is 4. The van der Waals surface area contributed by atoms with E-state index in [0.29, 0.717) is 12.5 Å². The van der Waals surface area contributed by atoms with Gasteiger partial charge >= 0.3 is 0 Å². The van der Waals surface area contributed by atoms with Crippen molar-refractivity contribution in [3.05, 3.63) is 59.7 Å². The number of halogens is 1. The van der Waals surface area contributed by atoms with Crippen molar-refractivity contribution in [3.63, 3.8) is 0 Å². The van der Waals surface area contributed by atoms with Gasteiger partial charge < -0.3 is 14.9 Å². The summed E-state index contributed by atoms with van der Waals surface area (Å²) in [5.41, 5.74) is 0.697. The van der Waals surface area contributed by atoms with Gasteiger partial charge in [0.15, 0.2) is 5.78 Å². The van der Waals surface area contributed by atoms with Crippen LogP contribution in [-0.4, -0.2) is 28.5 Å². The van der Waals surface area contributed by atoms with Gasteiger partial charge in [-0.1, -0.05) is 24.3 Å². The molecule has 0 amide bonds. The topological polar surface area (TPSA) is 66.8 Å². The Morgan fingerprint density at radius 1 is 1.09 bits per heavy atom. The number of aromatic hydroxyl groups is 2. The Morgan fingerprint density at radius 2 is 1.74 bits per heavy atom. The molecule has 2 N–H and O–H groups in total. The number of rotatable bonds is 7. The number of alkyl halides is 1. The molecule has 0 fully saturated rings. The molecule has 2 aromatic carbocycles. The summed E-state index contributed by atoms with van der Waals surface area (Å²) in [6.07, 6.45) is 3.69. The molecule has 2 rings (SSSR count). The van der Waals surface area contributed by atoms with Gasteiger partial charge in [-0.05, 0) is 42.3 Å². The van der Waals surface area contributed by atoms with Crippen molar-refractivity contribution in [2.75, 3.05) is 12.5 Å². The first-order valence-corrected chi connectivity index (χ1v) is 7.67. The van der Waals surface area contributed by atoms with Gasteiger partial charge in [-0.25, -0.2) is 0 Å². The first kappa shape index (κ1) is 16.9. The van der Waals surface area contributed by atoms with Crippen molar-refractivity contribution in [2.45, 2.75) is 6.42 Å². The van der Waals surface area contributed by atoms with Gasteiger partial charge in [0.05, 0.1) is 6.61 Å². The zero-order chi connectivity index (χ0) is 16.7. The molecule has 23 heavy (non-hydrogen) atoms. The van der Waals surface area contributed by atoms with Crippen LogP contribution in [0.2, 0.25) is 0 Å². The van der Waals surface area contributed by atoms with Gasteiger partial charge in [-0.15, -0.1) is 11.6 Å². The molecule has 4 nitrogen and oxygen atoms in total. The Labute approximate surface area is 139 Å². The maximum absolute atomic E-state index is 12.1. The molecular formula is C18H17ClO4. The molecule has 0 bridgehead atoms. The molecule has 0 aromatic heterocycles. The Bertz CT molecular complexity index is 672. The normalized spacial score (nSPS) is 10.8. The number of carbonyl (C=O) groups is 1. The lowest BCUT2D eigenvalue weighted by molar-refractivity contribution is 0.104. The summed E-state index contributed by atoms with van der Waals surface area (Å²) in [6, 6.07) is 11.4. The van der Waals surface area contributed by atoms with Gasteiger partial charge in [0.25, 0.3) is 0 Å². The zero-order valence-corrected chi connectivity index (χ0v) is 13.2. The number of ketones is 1. The van der Waals surface area contributed by atoms with Crippen LogP contribution in [0.4, 0.5) is 0 Å². The fraction of sp³-hybridized carbons (Fsp3) is 0.167. The molecule has 0 unspecified atom stereocenters. The fourth-order valence-electron chi connectivity index (χ4n) is 1.96. The predicted molar refractivity (Wildman–Crippen MR) is 90.4 cm³/mol. The van der Waals surface area contributed by atoms with E-state index in [1.54, 1.807) is 18.2 Å². The maximum atomic E-state index is 12.1. The highest BCUT2D eigenvalue weighted by atomic mass is 35.5. The Morgan fingerprint density at radius 3 is 2.35 bits per heavy atom. The molecule has 0 spiro atoms. The Kier molecular flexibility index (Phi) is 6.06. The molecule has 0 atom stereocenters. The number of ether oxygens (including phenoxy) is 1. The maximum Gasteiger partial charge on any atom is 0.193 e. The molecule has 0 saturated heterocycles. The lowest BCUT2D eigenvalue weighted by atomic mass is 10.1.